The normalized spacial score (nSPS) is 10.8. The Morgan fingerprint density at radius 2 is 1.48 bits per heavy atom. The topological polar surface area (TPSA) is 61.8 Å². The predicted molar refractivity (Wildman–Crippen MR) is 93.7 cm³/mol. The molecule has 5 nitrogen and oxygen atoms in total. The summed E-state index contributed by atoms with van der Waals surface area (Å²) in [6.45, 7) is 7.77. The molecule has 0 bridgehead atoms. The van der Waals surface area contributed by atoms with Gasteiger partial charge in [0.25, 0.3) is 0 Å². The third kappa shape index (κ3) is 12.4. The van der Waals surface area contributed by atoms with Crippen LogP contribution in [0.25, 0.3) is 0 Å². The standard InChI is InChI=1S/C17H32O5S/c1-4-21-16(18)15(17(19)22-5-2)11-9-7-8-10-12-20-13-14-23-6-3/h15H,4-14H2,1-3H3. The molecular formula is C17H32O5S. The van der Waals surface area contributed by atoms with Gasteiger partial charge < -0.3 is 14.2 Å². The molecule has 0 spiro atoms. The summed E-state index contributed by atoms with van der Waals surface area (Å²) >= 11 is 1.88. The average Bonchev–Trinajstić information content (AvgIpc) is 2.53. The second kappa shape index (κ2) is 16.1. The van der Waals surface area contributed by atoms with Crippen LogP contribution in [-0.2, 0) is 23.8 Å². The lowest BCUT2D eigenvalue weighted by Crippen LogP contribution is -2.28. The Morgan fingerprint density at radius 1 is 0.870 bits per heavy atom. The lowest BCUT2D eigenvalue weighted by Gasteiger charge is -2.14. The molecule has 136 valence electrons. The van der Waals surface area contributed by atoms with Gasteiger partial charge in [0, 0.05) is 12.4 Å². The van der Waals surface area contributed by atoms with Gasteiger partial charge >= 0.3 is 11.9 Å². The minimum atomic E-state index is -0.780. The number of thioether (sulfide) groups is 1. The van der Waals surface area contributed by atoms with Crippen molar-refractivity contribution in [3.05, 3.63) is 0 Å². The average molecular weight is 349 g/mol. The summed E-state index contributed by atoms with van der Waals surface area (Å²) in [6, 6.07) is 0. The number of carbonyl (C=O) groups is 2. The van der Waals surface area contributed by atoms with Gasteiger partial charge in [-0.25, -0.2) is 0 Å². The molecule has 0 aromatic rings. The van der Waals surface area contributed by atoms with Gasteiger partial charge in [-0.1, -0.05) is 26.2 Å². The second-order valence-electron chi connectivity index (χ2n) is 5.07. The number of esters is 2. The van der Waals surface area contributed by atoms with Crippen molar-refractivity contribution in [1.82, 2.24) is 0 Å². The Morgan fingerprint density at radius 3 is 2.04 bits per heavy atom. The van der Waals surface area contributed by atoms with Crippen LogP contribution in [0.1, 0.15) is 52.9 Å². The Bertz CT molecular complexity index is 291. The second-order valence-corrected chi connectivity index (χ2v) is 6.46. The number of hydrogen-bond acceptors (Lipinski definition) is 6. The fourth-order valence-electron chi connectivity index (χ4n) is 2.09. The fourth-order valence-corrected chi connectivity index (χ4v) is 2.61. The molecule has 0 saturated carbocycles. The van der Waals surface area contributed by atoms with Crippen molar-refractivity contribution in [3.8, 4) is 0 Å². The maximum Gasteiger partial charge on any atom is 0.320 e. The molecule has 0 fully saturated rings. The van der Waals surface area contributed by atoms with E-state index in [1.807, 2.05) is 11.8 Å². The molecule has 0 amide bonds. The maximum absolute atomic E-state index is 11.8. The highest BCUT2D eigenvalue weighted by Gasteiger charge is 2.28. The van der Waals surface area contributed by atoms with Gasteiger partial charge in [0.05, 0.1) is 19.8 Å². The van der Waals surface area contributed by atoms with E-state index in [4.69, 9.17) is 14.2 Å². The molecule has 0 rings (SSSR count). The summed E-state index contributed by atoms with van der Waals surface area (Å²) in [5, 5.41) is 0. The largest absolute Gasteiger partial charge is 0.465 e. The number of hydrogen-bond donors (Lipinski definition) is 0. The summed E-state index contributed by atoms with van der Waals surface area (Å²) in [5.41, 5.74) is 0. The van der Waals surface area contributed by atoms with E-state index in [1.165, 1.54) is 0 Å². The molecule has 0 aromatic heterocycles. The van der Waals surface area contributed by atoms with Crippen LogP contribution in [-0.4, -0.2) is 49.9 Å². The Balaban J connectivity index is 3.78. The third-order valence-electron chi connectivity index (χ3n) is 3.25. The zero-order valence-corrected chi connectivity index (χ0v) is 15.6. The lowest BCUT2D eigenvalue weighted by atomic mass is 10.0. The van der Waals surface area contributed by atoms with Crippen LogP contribution in [0.3, 0.4) is 0 Å². The van der Waals surface area contributed by atoms with E-state index in [0.29, 0.717) is 6.42 Å². The van der Waals surface area contributed by atoms with Gasteiger partial charge in [0.2, 0.25) is 0 Å². The summed E-state index contributed by atoms with van der Waals surface area (Å²) in [5.74, 6) is 0.463. The molecule has 6 heteroatoms. The number of carbonyl (C=O) groups excluding carboxylic acids is 2. The van der Waals surface area contributed by atoms with E-state index < -0.39 is 17.9 Å². The van der Waals surface area contributed by atoms with Gasteiger partial charge in [-0.3, -0.25) is 9.59 Å². The molecule has 0 saturated heterocycles. The number of rotatable bonds is 15. The molecule has 0 heterocycles. The van der Waals surface area contributed by atoms with Crippen molar-refractivity contribution >= 4 is 23.7 Å². The van der Waals surface area contributed by atoms with Crippen LogP contribution >= 0.6 is 11.8 Å². The van der Waals surface area contributed by atoms with Crippen molar-refractivity contribution in [1.29, 1.82) is 0 Å². The number of unbranched alkanes of at least 4 members (excludes halogenated alkanes) is 3. The highest BCUT2D eigenvalue weighted by atomic mass is 32.2. The zero-order valence-electron chi connectivity index (χ0n) is 14.8. The molecule has 23 heavy (non-hydrogen) atoms. The van der Waals surface area contributed by atoms with Gasteiger partial charge in [-0.05, 0) is 32.4 Å². The summed E-state index contributed by atoms with van der Waals surface area (Å²) < 4.78 is 15.4. The lowest BCUT2D eigenvalue weighted by molar-refractivity contribution is -0.161. The quantitative estimate of drug-likeness (QED) is 0.257. The Labute approximate surface area is 144 Å². The molecule has 0 N–H and O–H groups in total. The van der Waals surface area contributed by atoms with E-state index in [1.54, 1.807) is 13.8 Å². The monoisotopic (exact) mass is 348 g/mol. The van der Waals surface area contributed by atoms with Gasteiger partial charge in [-0.15, -0.1) is 0 Å². The molecule has 0 atom stereocenters. The minimum absolute atomic E-state index is 0.280. The van der Waals surface area contributed by atoms with Gasteiger partial charge in [0.1, 0.15) is 0 Å². The smallest absolute Gasteiger partial charge is 0.320 e. The van der Waals surface area contributed by atoms with E-state index >= 15 is 0 Å². The Hall–Kier alpha value is -0.750. The van der Waals surface area contributed by atoms with Crippen molar-refractivity contribution in [2.24, 2.45) is 5.92 Å². The molecule has 0 aliphatic carbocycles. The maximum atomic E-state index is 11.8. The summed E-state index contributed by atoms with van der Waals surface area (Å²) in [6.07, 6.45) is 4.33. The molecule has 0 unspecified atom stereocenters. The highest BCUT2D eigenvalue weighted by Crippen LogP contribution is 2.15. The van der Waals surface area contributed by atoms with Crippen LogP contribution in [0, 0.1) is 5.92 Å². The minimum Gasteiger partial charge on any atom is -0.465 e. The predicted octanol–water partition coefficient (Wildman–Crippen LogP) is 3.45. The fraction of sp³-hybridized carbons (Fsp3) is 0.882. The summed E-state index contributed by atoms with van der Waals surface area (Å²) in [7, 11) is 0. The molecule has 0 aliphatic heterocycles. The molecule has 0 aliphatic rings. The van der Waals surface area contributed by atoms with E-state index in [0.717, 1.165) is 50.4 Å². The molecule has 0 radical (unpaired) electrons. The first-order chi connectivity index (χ1) is 11.2. The van der Waals surface area contributed by atoms with Crippen LogP contribution in [0.5, 0.6) is 0 Å². The van der Waals surface area contributed by atoms with Crippen molar-refractivity contribution in [2.45, 2.75) is 52.9 Å². The van der Waals surface area contributed by atoms with Crippen molar-refractivity contribution < 1.29 is 23.8 Å². The van der Waals surface area contributed by atoms with Crippen LogP contribution in [0.15, 0.2) is 0 Å². The van der Waals surface area contributed by atoms with Crippen LogP contribution in [0.2, 0.25) is 0 Å². The van der Waals surface area contributed by atoms with Gasteiger partial charge in [0.15, 0.2) is 5.92 Å². The Kier molecular flexibility index (Phi) is 15.6. The molecular weight excluding hydrogens is 316 g/mol. The van der Waals surface area contributed by atoms with Crippen LogP contribution in [0.4, 0.5) is 0 Å². The van der Waals surface area contributed by atoms with Crippen LogP contribution < -0.4 is 0 Å². The first kappa shape index (κ1) is 22.2. The van der Waals surface area contributed by atoms with Gasteiger partial charge in [-0.2, -0.15) is 11.8 Å². The first-order valence-electron chi connectivity index (χ1n) is 8.66. The first-order valence-corrected chi connectivity index (χ1v) is 9.81. The molecule has 0 aromatic carbocycles. The van der Waals surface area contributed by atoms with E-state index in [2.05, 4.69) is 6.92 Å². The van der Waals surface area contributed by atoms with Crippen molar-refractivity contribution in [3.63, 3.8) is 0 Å². The van der Waals surface area contributed by atoms with Crippen molar-refractivity contribution in [2.75, 3.05) is 37.9 Å². The number of ether oxygens (including phenoxy) is 3. The summed E-state index contributed by atoms with van der Waals surface area (Å²) in [4.78, 5) is 23.6. The third-order valence-corrected chi connectivity index (χ3v) is 4.11. The zero-order chi connectivity index (χ0) is 17.3. The van der Waals surface area contributed by atoms with E-state index in [-0.39, 0.29) is 13.2 Å². The van der Waals surface area contributed by atoms with E-state index in [9.17, 15) is 9.59 Å². The SMILES string of the molecule is CCOC(=O)C(CCCCCCOCCSCC)C(=O)OCC. The highest BCUT2D eigenvalue weighted by molar-refractivity contribution is 7.99.